The number of thiazole rings is 1. The molecule has 0 aliphatic rings. The molecule has 1 aromatic heterocycles. The molecule has 0 spiro atoms. The van der Waals surface area contributed by atoms with Crippen LogP contribution in [0.1, 0.15) is 35.8 Å². The van der Waals surface area contributed by atoms with E-state index in [0.717, 1.165) is 22.2 Å². The van der Waals surface area contributed by atoms with Gasteiger partial charge in [0, 0.05) is 10.6 Å². The van der Waals surface area contributed by atoms with Crippen LogP contribution < -0.4 is 4.80 Å². The first-order chi connectivity index (χ1) is 12.4. The third-order valence-electron chi connectivity index (χ3n) is 4.11. The molecule has 26 heavy (non-hydrogen) atoms. The minimum absolute atomic E-state index is 0.355. The van der Waals surface area contributed by atoms with Crippen LogP contribution in [0.15, 0.2) is 47.5 Å². The number of halogens is 1. The molecule has 134 valence electrons. The van der Waals surface area contributed by atoms with Crippen LogP contribution >= 0.6 is 22.9 Å². The first-order valence-electron chi connectivity index (χ1n) is 8.12. The highest BCUT2D eigenvalue weighted by molar-refractivity contribution is 7.16. The van der Waals surface area contributed by atoms with Gasteiger partial charge in [-0.2, -0.15) is 4.99 Å². The minimum Gasteiger partial charge on any atom is -0.480 e. The van der Waals surface area contributed by atoms with Crippen molar-refractivity contribution in [2.75, 3.05) is 0 Å². The van der Waals surface area contributed by atoms with Crippen LogP contribution in [0.5, 0.6) is 0 Å². The van der Waals surface area contributed by atoms with Gasteiger partial charge in [0.1, 0.15) is 6.04 Å². The van der Waals surface area contributed by atoms with E-state index in [9.17, 15) is 14.7 Å². The number of hydrogen-bond donors (Lipinski definition) is 1. The third kappa shape index (κ3) is 3.57. The number of aryl methyl sites for hydroxylation is 1. The van der Waals surface area contributed by atoms with Crippen LogP contribution in [0.3, 0.4) is 0 Å². The lowest BCUT2D eigenvalue weighted by Gasteiger charge is -2.10. The van der Waals surface area contributed by atoms with Crippen LogP contribution in [-0.2, 0) is 11.2 Å². The van der Waals surface area contributed by atoms with Crippen LogP contribution in [-0.4, -0.2) is 21.6 Å². The molecule has 2 aromatic carbocycles. The number of hydrogen-bond acceptors (Lipinski definition) is 3. The summed E-state index contributed by atoms with van der Waals surface area (Å²) < 4.78 is 2.49. The van der Waals surface area contributed by atoms with E-state index < -0.39 is 17.9 Å². The van der Waals surface area contributed by atoms with Crippen molar-refractivity contribution in [2.45, 2.75) is 26.3 Å². The number of rotatable bonds is 4. The molecule has 5 nitrogen and oxygen atoms in total. The number of amides is 1. The molecule has 1 heterocycles. The summed E-state index contributed by atoms with van der Waals surface area (Å²) in [7, 11) is 0. The highest BCUT2D eigenvalue weighted by Crippen LogP contribution is 2.23. The van der Waals surface area contributed by atoms with Crippen molar-refractivity contribution in [1.29, 1.82) is 0 Å². The van der Waals surface area contributed by atoms with Crippen molar-refractivity contribution in [1.82, 2.24) is 4.57 Å². The topological polar surface area (TPSA) is 71.7 Å². The largest absolute Gasteiger partial charge is 0.480 e. The van der Waals surface area contributed by atoms with E-state index in [4.69, 9.17) is 11.6 Å². The Hall–Kier alpha value is -2.44. The molecule has 1 atom stereocenters. The van der Waals surface area contributed by atoms with Crippen LogP contribution in [0.25, 0.3) is 10.2 Å². The first kappa shape index (κ1) is 18.4. The van der Waals surface area contributed by atoms with Gasteiger partial charge >= 0.3 is 5.97 Å². The van der Waals surface area contributed by atoms with Gasteiger partial charge in [0.2, 0.25) is 0 Å². The average molecular weight is 389 g/mol. The van der Waals surface area contributed by atoms with Crippen LogP contribution in [0, 0.1) is 0 Å². The lowest BCUT2D eigenvalue weighted by molar-refractivity contribution is -0.140. The number of carbonyl (C=O) groups is 2. The molecule has 3 rings (SSSR count). The van der Waals surface area contributed by atoms with E-state index in [1.807, 2.05) is 18.2 Å². The zero-order valence-corrected chi connectivity index (χ0v) is 15.8. The van der Waals surface area contributed by atoms with E-state index in [-0.39, 0.29) is 0 Å². The number of carboxylic acid groups (broad SMARTS) is 1. The predicted molar refractivity (Wildman–Crippen MR) is 103 cm³/mol. The monoisotopic (exact) mass is 388 g/mol. The molecule has 0 bridgehead atoms. The van der Waals surface area contributed by atoms with E-state index in [1.165, 1.54) is 11.3 Å². The van der Waals surface area contributed by atoms with Gasteiger partial charge < -0.3 is 9.67 Å². The van der Waals surface area contributed by atoms with E-state index in [2.05, 4.69) is 11.9 Å². The van der Waals surface area contributed by atoms with E-state index >= 15 is 0 Å². The van der Waals surface area contributed by atoms with Crippen molar-refractivity contribution in [3.05, 3.63) is 63.4 Å². The molecule has 0 aliphatic carbocycles. The van der Waals surface area contributed by atoms with Crippen molar-refractivity contribution in [3.63, 3.8) is 0 Å². The molecule has 0 fully saturated rings. The quantitative estimate of drug-likeness (QED) is 0.724. The fourth-order valence-corrected chi connectivity index (χ4v) is 4.00. The predicted octanol–water partition coefficient (Wildman–Crippen LogP) is 4.31. The Morgan fingerprint density at radius 3 is 2.69 bits per heavy atom. The van der Waals surface area contributed by atoms with E-state index in [0.29, 0.717) is 15.4 Å². The Morgan fingerprint density at radius 1 is 1.27 bits per heavy atom. The van der Waals surface area contributed by atoms with E-state index in [1.54, 1.807) is 35.8 Å². The maximum absolute atomic E-state index is 12.5. The Balaban J connectivity index is 2.21. The van der Waals surface area contributed by atoms with Gasteiger partial charge in [0.05, 0.1) is 10.2 Å². The second kappa shape index (κ2) is 7.43. The molecule has 0 saturated carbocycles. The summed E-state index contributed by atoms with van der Waals surface area (Å²) in [4.78, 5) is 28.6. The number of carboxylic acids is 1. The summed E-state index contributed by atoms with van der Waals surface area (Å²) in [6.07, 6.45) is 0.871. The van der Waals surface area contributed by atoms with Crippen LogP contribution in [0.2, 0.25) is 5.02 Å². The number of carbonyl (C=O) groups excluding carboxylic acids is 1. The first-order valence-corrected chi connectivity index (χ1v) is 9.31. The summed E-state index contributed by atoms with van der Waals surface area (Å²) in [6, 6.07) is 11.5. The molecule has 1 N–H and O–H groups in total. The molecule has 3 aromatic rings. The fourth-order valence-electron chi connectivity index (χ4n) is 2.64. The normalized spacial score (nSPS) is 13.1. The number of benzene rings is 2. The lowest BCUT2D eigenvalue weighted by atomic mass is 10.1. The summed E-state index contributed by atoms with van der Waals surface area (Å²) in [6.45, 7) is 3.63. The zero-order chi connectivity index (χ0) is 18.8. The highest BCUT2D eigenvalue weighted by atomic mass is 35.5. The van der Waals surface area contributed by atoms with Crippen molar-refractivity contribution in [2.24, 2.45) is 4.99 Å². The molecular formula is C19H17ClN2O3S. The van der Waals surface area contributed by atoms with Crippen molar-refractivity contribution in [3.8, 4) is 0 Å². The third-order valence-corrected chi connectivity index (χ3v) is 5.37. The molecule has 7 heteroatoms. The van der Waals surface area contributed by atoms with Gasteiger partial charge in [0.25, 0.3) is 5.91 Å². The minimum atomic E-state index is -0.985. The number of nitrogens with zero attached hydrogens (tertiary/aromatic N) is 2. The Labute approximate surface area is 159 Å². The molecule has 1 unspecified atom stereocenters. The number of aromatic nitrogens is 1. The van der Waals surface area contributed by atoms with Gasteiger partial charge in [-0.3, -0.25) is 4.79 Å². The number of aliphatic carboxylic acids is 1. The molecule has 0 saturated heterocycles. The highest BCUT2D eigenvalue weighted by Gasteiger charge is 2.19. The fraction of sp³-hybridized carbons (Fsp3) is 0.211. The molecular weight excluding hydrogens is 372 g/mol. The number of fused-ring (bicyclic) bond motifs is 1. The smallest absolute Gasteiger partial charge is 0.326 e. The molecule has 0 aliphatic heterocycles. The lowest BCUT2D eigenvalue weighted by Crippen LogP contribution is -2.25. The van der Waals surface area contributed by atoms with Gasteiger partial charge in [-0.05, 0) is 49.2 Å². The van der Waals surface area contributed by atoms with Gasteiger partial charge in [-0.25, -0.2) is 4.79 Å². The summed E-state index contributed by atoms with van der Waals surface area (Å²) in [5.41, 5.74) is 2.25. The van der Waals surface area contributed by atoms with Crippen molar-refractivity contribution >= 4 is 45.0 Å². The summed E-state index contributed by atoms with van der Waals surface area (Å²) in [5, 5.41) is 9.91. The zero-order valence-electron chi connectivity index (χ0n) is 14.3. The Morgan fingerprint density at radius 2 is 2.04 bits per heavy atom. The maximum Gasteiger partial charge on any atom is 0.326 e. The standard InChI is InChI=1S/C19H17ClN2O3S/c1-3-12-7-8-15-16(9-12)26-19(22(15)11(2)18(24)25)21-17(23)13-5-4-6-14(20)10-13/h4-11H,3H2,1-2H3,(H,24,25). The summed E-state index contributed by atoms with van der Waals surface area (Å²) in [5.74, 6) is -1.44. The Kier molecular flexibility index (Phi) is 5.25. The summed E-state index contributed by atoms with van der Waals surface area (Å²) >= 11 is 7.24. The van der Waals surface area contributed by atoms with Crippen molar-refractivity contribution < 1.29 is 14.7 Å². The maximum atomic E-state index is 12.5. The average Bonchev–Trinajstić information content (AvgIpc) is 2.97. The Bertz CT molecular complexity index is 1070. The van der Waals surface area contributed by atoms with Gasteiger partial charge in [-0.15, -0.1) is 0 Å². The SMILES string of the molecule is CCc1ccc2c(c1)sc(=NC(=O)c1cccc(Cl)c1)n2C(C)C(=O)O. The van der Waals surface area contributed by atoms with Gasteiger partial charge in [-0.1, -0.05) is 42.0 Å². The van der Waals surface area contributed by atoms with Gasteiger partial charge in [0.15, 0.2) is 4.80 Å². The molecule has 1 amide bonds. The second-order valence-corrected chi connectivity index (χ2v) is 7.30. The molecule has 0 radical (unpaired) electrons. The second-order valence-electron chi connectivity index (χ2n) is 5.85. The van der Waals surface area contributed by atoms with Crippen LogP contribution in [0.4, 0.5) is 0 Å².